The van der Waals surface area contributed by atoms with Crippen LogP contribution in [0.3, 0.4) is 0 Å². The summed E-state index contributed by atoms with van der Waals surface area (Å²) in [5.41, 5.74) is 6.97. The molecule has 0 atom stereocenters. The van der Waals surface area contributed by atoms with E-state index in [0.717, 1.165) is 10.2 Å². The van der Waals surface area contributed by atoms with Gasteiger partial charge in [-0.15, -0.1) is 4.68 Å². The third-order valence-corrected chi connectivity index (χ3v) is 3.54. The van der Waals surface area contributed by atoms with E-state index < -0.39 is 18.7 Å². The summed E-state index contributed by atoms with van der Waals surface area (Å²) < 4.78 is 6.00. The van der Waals surface area contributed by atoms with Crippen molar-refractivity contribution in [3.63, 3.8) is 0 Å². The molecule has 8 heteroatoms. The fourth-order valence-corrected chi connectivity index (χ4v) is 2.54. The lowest BCUT2D eigenvalue weighted by Gasteiger charge is -2.32. The molecule has 2 rings (SSSR count). The van der Waals surface area contributed by atoms with Gasteiger partial charge in [0.05, 0.1) is 17.8 Å². The Morgan fingerprint density at radius 2 is 2.26 bits per heavy atom. The van der Waals surface area contributed by atoms with Crippen molar-refractivity contribution in [2.45, 2.75) is 39.7 Å². The van der Waals surface area contributed by atoms with Gasteiger partial charge in [-0.2, -0.15) is 5.10 Å². The van der Waals surface area contributed by atoms with Crippen LogP contribution in [0, 0.1) is 0 Å². The highest BCUT2D eigenvalue weighted by Gasteiger charge is 2.45. The molecule has 1 aliphatic heterocycles. The first kappa shape index (κ1) is 13.9. The van der Waals surface area contributed by atoms with Crippen LogP contribution in [0.5, 0.6) is 0 Å². The van der Waals surface area contributed by atoms with Crippen LogP contribution in [0.4, 0.5) is 10.6 Å². The zero-order valence-electron chi connectivity index (χ0n) is 11.7. The van der Waals surface area contributed by atoms with E-state index in [-0.39, 0.29) is 12.4 Å². The van der Waals surface area contributed by atoms with Gasteiger partial charge in [0.1, 0.15) is 5.82 Å². The van der Waals surface area contributed by atoms with Crippen LogP contribution < -0.4 is 5.73 Å². The molecule has 19 heavy (non-hydrogen) atoms. The van der Waals surface area contributed by atoms with E-state index in [1.54, 1.807) is 13.7 Å². The summed E-state index contributed by atoms with van der Waals surface area (Å²) in [5, 5.41) is 14.0. The van der Waals surface area contributed by atoms with Crippen molar-refractivity contribution < 1.29 is 14.6 Å². The van der Waals surface area contributed by atoms with E-state index in [2.05, 4.69) is 5.10 Å². The highest BCUT2D eigenvalue weighted by atomic mass is 16.6. The topological polar surface area (TPSA) is 93.6 Å². The summed E-state index contributed by atoms with van der Waals surface area (Å²) in [4.78, 5) is 13.6. The molecule has 0 unspecified atom stereocenters. The Balaban J connectivity index is 2.42. The van der Waals surface area contributed by atoms with Gasteiger partial charge in [0.2, 0.25) is 0 Å². The first-order chi connectivity index (χ1) is 8.80. The predicted octanol–water partition coefficient (Wildman–Crippen LogP) is 0.631. The van der Waals surface area contributed by atoms with Gasteiger partial charge < -0.3 is 20.3 Å². The van der Waals surface area contributed by atoms with Crippen molar-refractivity contribution in [1.82, 2.24) is 14.6 Å². The first-order valence-corrected chi connectivity index (χ1v) is 6.30. The number of nitrogen functional groups attached to an aromatic ring is 1. The fraction of sp³-hybridized carbons (Fsp3) is 0.636. The van der Waals surface area contributed by atoms with E-state index in [9.17, 15) is 9.82 Å². The molecule has 1 aromatic heterocycles. The van der Waals surface area contributed by atoms with E-state index >= 15 is 0 Å². The van der Waals surface area contributed by atoms with E-state index in [0.29, 0.717) is 12.2 Å². The van der Waals surface area contributed by atoms with Crippen LogP contribution in [-0.2, 0) is 16.8 Å². The summed E-state index contributed by atoms with van der Waals surface area (Å²) in [5.74, 6) is 0.282. The van der Waals surface area contributed by atoms with Crippen LogP contribution in [-0.4, -0.2) is 39.4 Å². The summed E-state index contributed by atoms with van der Waals surface area (Å²) >= 11 is 0. The van der Waals surface area contributed by atoms with E-state index in [1.807, 2.05) is 18.7 Å². The minimum atomic E-state index is -0.611. The van der Waals surface area contributed by atoms with Gasteiger partial charge in [0, 0.05) is 12.1 Å². The normalized spacial score (nSPS) is 17.3. The fourth-order valence-electron chi connectivity index (χ4n) is 2.54. The number of rotatable bonds is 2. The summed E-state index contributed by atoms with van der Waals surface area (Å²) in [6, 6.07) is 0. The quantitative estimate of drug-likeness (QED) is 0.762. The number of nitrogens with two attached hydrogens (primary N) is 1. The summed E-state index contributed by atoms with van der Waals surface area (Å²) in [6.07, 6.45) is -0.575. The lowest BCUT2D eigenvalue weighted by atomic mass is 9.80. The average molecular weight is 266 g/mol. The number of hydrogen-bond donors (Lipinski definition) is 2. The molecule has 0 radical (unpaired) electrons. The molecule has 0 fully saturated rings. The standard InChI is InChI=1S/C11H19BN4O3/c1-5-19-10(17)16-9(13)7-6-15(12(4)18)11(2,3)8(7)14-16/h18H,5-6,13H2,1-4H3. The van der Waals surface area contributed by atoms with Gasteiger partial charge in [-0.05, 0) is 27.6 Å². The van der Waals surface area contributed by atoms with Gasteiger partial charge in [0.15, 0.2) is 0 Å². The maximum absolute atomic E-state index is 11.7. The molecular weight excluding hydrogens is 247 g/mol. The number of carbonyl (C=O) groups is 1. The third-order valence-electron chi connectivity index (χ3n) is 3.54. The molecule has 0 saturated carbocycles. The van der Waals surface area contributed by atoms with Crippen molar-refractivity contribution in [3.05, 3.63) is 11.3 Å². The molecule has 104 valence electrons. The Morgan fingerprint density at radius 1 is 1.63 bits per heavy atom. The lowest BCUT2D eigenvalue weighted by Crippen LogP contribution is -2.45. The summed E-state index contributed by atoms with van der Waals surface area (Å²) in [6.45, 7) is 8.03. The number of anilines is 1. The number of ether oxygens (including phenoxy) is 1. The van der Waals surface area contributed by atoms with Crippen molar-refractivity contribution in [3.8, 4) is 0 Å². The van der Waals surface area contributed by atoms with E-state index in [4.69, 9.17) is 10.5 Å². The monoisotopic (exact) mass is 266 g/mol. The van der Waals surface area contributed by atoms with Crippen LogP contribution in [0.15, 0.2) is 0 Å². The molecule has 1 aromatic rings. The molecule has 2 heterocycles. The average Bonchev–Trinajstić information content (AvgIpc) is 2.76. The van der Waals surface area contributed by atoms with E-state index in [1.165, 1.54) is 0 Å². The maximum atomic E-state index is 11.7. The smallest absolute Gasteiger partial charge is 0.436 e. The van der Waals surface area contributed by atoms with Crippen LogP contribution in [0.1, 0.15) is 32.0 Å². The van der Waals surface area contributed by atoms with Crippen LogP contribution >= 0.6 is 0 Å². The van der Waals surface area contributed by atoms with Crippen molar-refractivity contribution >= 4 is 19.0 Å². The van der Waals surface area contributed by atoms with Crippen molar-refractivity contribution in [2.75, 3.05) is 12.3 Å². The Kier molecular flexibility index (Phi) is 3.31. The largest absolute Gasteiger partial charge is 0.448 e. The molecule has 0 bridgehead atoms. The highest BCUT2D eigenvalue weighted by Crippen LogP contribution is 2.40. The maximum Gasteiger partial charge on any atom is 0.436 e. The van der Waals surface area contributed by atoms with Gasteiger partial charge in [-0.1, -0.05) is 0 Å². The van der Waals surface area contributed by atoms with Crippen molar-refractivity contribution in [2.24, 2.45) is 0 Å². The number of aromatic nitrogens is 2. The number of carbonyl (C=O) groups excluding carboxylic acids is 1. The molecule has 1 aliphatic rings. The minimum Gasteiger partial charge on any atom is -0.448 e. The Morgan fingerprint density at radius 3 is 2.74 bits per heavy atom. The second-order valence-electron chi connectivity index (χ2n) is 5.14. The van der Waals surface area contributed by atoms with Gasteiger partial charge in [-0.3, -0.25) is 0 Å². The zero-order valence-corrected chi connectivity index (χ0v) is 11.7. The number of hydrogen-bond acceptors (Lipinski definition) is 6. The molecule has 0 saturated heterocycles. The molecule has 7 nitrogen and oxygen atoms in total. The zero-order chi connectivity index (χ0) is 14.4. The van der Waals surface area contributed by atoms with Gasteiger partial charge >= 0.3 is 13.1 Å². The van der Waals surface area contributed by atoms with Crippen LogP contribution in [0.25, 0.3) is 0 Å². The SMILES string of the molecule is CCOC(=O)n1nc2c(c1N)CN(B(C)O)C2(C)C. The second kappa shape index (κ2) is 4.54. The van der Waals surface area contributed by atoms with Gasteiger partial charge in [-0.25, -0.2) is 4.79 Å². The third kappa shape index (κ3) is 2.00. The molecule has 0 amide bonds. The van der Waals surface area contributed by atoms with Gasteiger partial charge in [0.25, 0.3) is 0 Å². The first-order valence-electron chi connectivity index (χ1n) is 6.30. The number of nitrogens with zero attached hydrogens (tertiary/aromatic N) is 3. The lowest BCUT2D eigenvalue weighted by molar-refractivity contribution is 0.149. The second-order valence-corrected chi connectivity index (χ2v) is 5.14. The molecule has 3 N–H and O–H groups in total. The molecule has 0 aliphatic carbocycles. The Labute approximate surface area is 112 Å². The molecule has 0 spiro atoms. The van der Waals surface area contributed by atoms with Crippen LogP contribution in [0.2, 0.25) is 6.82 Å². The molecular formula is C11H19BN4O3. The Bertz CT molecular complexity index is 512. The highest BCUT2D eigenvalue weighted by molar-refractivity contribution is 6.45. The van der Waals surface area contributed by atoms with Crippen molar-refractivity contribution in [1.29, 1.82) is 0 Å². The predicted molar refractivity (Wildman–Crippen MR) is 71.5 cm³/mol. The molecule has 0 aromatic carbocycles. The summed E-state index contributed by atoms with van der Waals surface area (Å²) in [7, 11) is -0.611. The number of fused-ring (bicyclic) bond motifs is 1. The minimum absolute atomic E-state index is 0.270. The Hall–Kier alpha value is -1.54.